The molecule has 2 aliphatic heterocycles. The van der Waals surface area contributed by atoms with Crippen LogP contribution in [0, 0.1) is 5.82 Å². The molecule has 4 rings (SSSR count). The SMILES string of the molecule is O=C(NCC1=C[N+](c2ccc(C(F)(F)F)cc2)=C1Cl)C1CC(F)CN1S(=O)(=O)c1ccc(F)cc1. The van der Waals surface area contributed by atoms with E-state index < -0.39 is 52.2 Å². The Bertz CT molecular complexity index is 1310. The van der Waals surface area contributed by atoms with Crippen molar-refractivity contribution in [2.45, 2.75) is 29.7 Å². The van der Waals surface area contributed by atoms with Gasteiger partial charge in [0.05, 0.1) is 17.0 Å². The van der Waals surface area contributed by atoms with Crippen molar-refractivity contribution in [1.29, 1.82) is 0 Å². The van der Waals surface area contributed by atoms with E-state index in [1.807, 2.05) is 0 Å². The fraction of sp³-hybridized carbons (Fsp3) is 0.273. The molecule has 0 bridgehead atoms. The van der Waals surface area contributed by atoms with Gasteiger partial charge >= 0.3 is 6.18 Å². The van der Waals surface area contributed by atoms with Crippen LogP contribution in [0.4, 0.5) is 27.6 Å². The second kappa shape index (κ2) is 9.32. The number of nitrogens with zero attached hydrogens (tertiary/aromatic N) is 2. The average Bonchev–Trinajstić information content (AvgIpc) is 3.20. The number of halogens is 6. The first-order valence-electron chi connectivity index (χ1n) is 10.3. The molecule has 0 aliphatic carbocycles. The van der Waals surface area contributed by atoms with Crippen LogP contribution < -0.4 is 5.32 Å². The number of hydrogen-bond donors (Lipinski definition) is 1. The number of rotatable bonds is 6. The number of amides is 1. The first-order chi connectivity index (χ1) is 16.4. The summed E-state index contributed by atoms with van der Waals surface area (Å²) in [6.45, 7) is -0.623. The number of carbonyl (C=O) groups is 1. The minimum Gasteiger partial charge on any atom is -0.350 e. The predicted molar refractivity (Wildman–Crippen MR) is 117 cm³/mol. The van der Waals surface area contributed by atoms with Gasteiger partial charge in [0.15, 0.2) is 6.20 Å². The highest BCUT2D eigenvalue weighted by atomic mass is 35.5. The van der Waals surface area contributed by atoms with Crippen molar-refractivity contribution in [3.63, 3.8) is 0 Å². The molecular weight excluding hydrogens is 517 g/mol. The minimum atomic E-state index is -4.47. The lowest BCUT2D eigenvalue weighted by molar-refractivity contribution is -0.370. The van der Waals surface area contributed by atoms with Gasteiger partial charge in [-0.25, -0.2) is 17.2 Å². The molecule has 0 radical (unpaired) electrons. The van der Waals surface area contributed by atoms with E-state index in [2.05, 4.69) is 5.32 Å². The molecular formula is C22H18ClF5N3O3S+. The van der Waals surface area contributed by atoms with Crippen LogP contribution in [0.1, 0.15) is 12.0 Å². The lowest BCUT2D eigenvalue weighted by Gasteiger charge is -2.23. The Hall–Kier alpha value is -2.83. The number of hydrogen-bond acceptors (Lipinski definition) is 3. The minimum absolute atomic E-state index is 0.104. The Balaban J connectivity index is 1.41. The van der Waals surface area contributed by atoms with E-state index in [1.165, 1.54) is 22.9 Å². The van der Waals surface area contributed by atoms with E-state index in [0.29, 0.717) is 11.3 Å². The Kier molecular flexibility index (Phi) is 6.73. The summed E-state index contributed by atoms with van der Waals surface area (Å²) in [4.78, 5) is 12.5. The normalized spacial score (nSPS) is 21.0. The molecule has 186 valence electrons. The largest absolute Gasteiger partial charge is 0.416 e. The highest BCUT2D eigenvalue weighted by Crippen LogP contribution is 2.32. The predicted octanol–water partition coefficient (Wildman–Crippen LogP) is 3.94. The fourth-order valence-electron chi connectivity index (χ4n) is 3.77. The van der Waals surface area contributed by atoms with Crippen LogP contribution in [0.2, 0.25) is 0 Å². The summed E-state index contributed by atoms with van der Waals surface area (Å²) in [6.07, 6.45) is -4.87. The second-order valence-electron chi connectivity index (χ2n) is 7.96. The first kappa shape index (κ1) is 25.3. The van der Waals surface area contributed by atoms with Crippen LogP contribution in [-0.2, 0) is 21.0 Å². The van der Waals surface area contributed by atoms with Crippen molar-refractivity contribution in [3.05, 3.63) is 71.7 Å². The van der Waals surface area contributed by atoms with E-state index in [9.17, 15) is 35.2 Å². The molecule has 0 aromatic heterocycles. The Morgan fingerprint density at radius 2 is 1.74 bits per heavy atom. The number of benzene rings is 2. The number of alkyl halides is 4. The molecule has 0 spiro atoms. The van der Waals surface area contributed by atoms with Gasteiger partial charge in [0.2, 0.25) is 21.6 Å². The van der Waals surface area contributed by atoms with Crippen molar-refractivity contribution in [2.24, 2.45) is 0 Å². The zero-order valence-corrected chi connectivity index (χ0v) is 19.3. The maximum Gasteiger partial charge on any atom is 0.416 e. The van der Waals surface area contributed by atoms with Crippen molar-refractivity contribution < 1.29 is 39.7 Å². The monoisotopic (exact) mass is 534 g/mol. The van der Waals surface area contributed by atoms with Gasteiger partial charge in [-0.3, -0.25) is 4.79 Å². The number of nitrogens with one attached hydrogen (secondary N) is 1. The quantitative estimate of drug-likeness (QED) is 0.451. The topological polar surface area (TPSA) is 69.5 Å². The van der Waals surface area contributed by atoms with Crippen molar-refractivity contribution in [2.75, 3.05) is 13.1 Å². The molecule has 2 heterocycles. The lowest BCUT2D eigenvalue weighted by Crippen LogP contribution is -2.47. The number of sulfonamides is 1. The molecule has 2 atom stereocenters. The lowest BCUT2D eigenvalue weighted by atomic mass is 10.1. The van der Waals surface area contributed by atoms with E-state index in [-0.39, 0.29) is 23.0 Å². The summed E-state index contributed by atoms with van der Waals surface area (Å²) in [5.74, 6) is -1.38. The van der Waals surface area contributed by atoms with Gasteiger partial charge in [-0.2, -0.15) is 17.5 Å². The van der Waals surface area contributed by atoms with Gasteiger partial charge < -0.3 is 5.32 Å². The summed E-state index contributed by atoms with van der Waals surface area (Å²) in [5.41, 5.74) is 0.0191. The molecule has 2 aromatic rings. The maximum atomic E-state index is 14.1. The highest BCUT2D eigenvalue weighted by molar-refractivity contribution is 7.89. The van der Waals surface area contributed by atoms with Crippen LogP contribution in [0.5, 0.6) is 0 Å². The van der Waals surface area contributed by atoms with Gasteiger partial charge in [-0.1, -0.05) is 0 Å². The van der Waals surface area contributed by atoms with Gasteiger partial charge in [0.25, 0.3) is 5.17 Å². The van der Waals surface area contributed by atoms with Crippen molar-refractivity contribution in [1.82, 2.24) is 9.62 Å². The van der Waals surface area contributed by atoms with Gasteiger partial charge in [-0.05, 0) is 48.0 Å². The highest BCUT2D eigenvalue weighted by Gasteiger charge is 2.44. The first-order valence-corrected chi connectivity index (χ1v) is 12.1. The molecule has 2 aliphatic rings. The summed E-state index contributed by atoms with van der Waals surface area (Å²) in [5, 5.41) is 2.68. The summed E-state index contributed by atoms with van der Waals surface area (Å²) in [6, 6.07) is 6.98. The van der Waals surface area contributed by atoms with Crippen molar-refractivity contribution >= 4 is 38.4 Å². The molecule has 0 saturated carbocycles. The third kappa shape index (κ3) is 5.09. The molecule has 1 N–H and O–H groups in total. The van der Waals surface area contributed by atoms with E-state index in [4.69, 9.17) is 11.6 Å². The van der Waals surface area contributed by atoms with Crippen LogP contribution in [0.25, 0.3) is 0 Å². The zero-order chi connectivity index (χ0) is 25.5. The summed E-state index contributed by atoms with van der Waals surface area (Å²) in [7, 11) is -4.25. The van der Waals surface area contributed by atoms with E-state index in [1.54, 1.807) is 0 Å². The molecule has 2 aromatic carbocycles. The summed E-state index contributed by atoms with van der Waals surface area (Å²) >= 11 is 6.21. The van der Waals surface area contributed by atoms with Crippen LogP contribution in [0.3, 0.4) is 0 Å². The standard InChI is InChI=1S/C22H17ClF5N3O3S/c23-20-13(11-30(20)17-5-1-14(2-6-17)22(26,27)28)10-29-21(32)19-9-16(25)12-31(19)35(33,34)18-7-3-15(24)4-8-18/h1-8,11,16,19H,9-10,12H2/p+1. The van der Waals surface area contributed by atoms with Crippen LogP contribution >= 0.6 is 11.6 Å². The molecule has 13 heteroatoms. The smallest absolute Gasteiger partial charge is 0.350 e. The Morgan fingerprint density at radius 1 is 1.11 bits per heavy atom. The third-order valence-corrected chi connectivity index (χ3v) is 7.93. The molecule has 1 amide bonds. The van der Waals surface area contributed by atoms with E-state index in [0.717, 1.165) is 40.7 Å². The molecule has 6 nitrogen and oxygen atoms in total. The van der Waals surface area contributed by atoms with E-state index >= 15 is 0 Å². The van der Waals surface area contributed by atoms with Crippen molar-refractivity contribution in [3.8, 4) is 0 Å². The van der Waals surface area contributed by atoms with Gasteiger partial charge in [-0.15, -0.1) is 4.58 Å². The molecule has 2 unspecified atom stereocenters. The van der Waals surface area contributed by atoms with Gasteiger partial charge in [0, 0.05) is 25.1 Å². The Morgan fingerprint density at radius 3 is 2.31 bits per heavy atom. The Labute approximate surface area is 202 Å². The van der Waals surface area contributed by atoms with Gasteiger partial charge in [0.1, 0.15) is 23.6 Å². The van der Waals surface area contributed by atoms with Crippen LogP contribution in [-0.4, -0.2) is 53.7 Å². The third-order valence-electron chi connectivity index (χ3n) is 5.61. The molecule has 35 heavy (non-hydrogen) atoms. The maximum absolute atomic E-state index is 14.1. The number of carbonyl (C=O) groups excluding carboxylic acids is 1. The fourth-order valence-corrected chi connectivity index (χ4v) is 5.66. The summed E-state index contributed by atoms with van der Waals surface area (Å²) < 4.78 is 93.4. The molecule has 1 saturated heterocycles. The molecule has 1 fully saturated rings. The average molecular weight is 535 g/mol. The second-order valence-corrected chi connectivity index (χ2v) is 10.2. The zero-order valence-electron chi connectivity index (χ0n) is 17.8. The van der Waals surface area contributed by atoms with Crippen LogP contribution in [0.15, 0.2) is 65.2 Å².